The fourth-order valence-corrected chi connectivity index (χ4v) is 3.46. The van der Waals surface area contributed by atoms with Crippen molar-refractivity contribution < 1.29 is 13.2 Å². The monoisotopic (exact) mass is 408 g/mol. The highest BCUT2D eigenvalue weighted by Crippen LogP contribution is 2.22. The highest BCUT2D eigenvalue weighted by Gasteiger charge is 2.28. The molecule has 2 aliphatic rings. The Kier molecular flexibility index (Phi) is 13.7. The van der Waals surface area contributed by atoms with Crippen LogP contribution in [0.4, 0.5) is 13.2 Å². The highest BCUT2D eigenvalue weighted by atomic mass is 19.4. The molecule has 0 aromatic rings. The third-order valence-corrected chi connectivity index (χ3v) is 5.59. The molecule has 0 N–H and O–H groups in total. The van der Waals surface area contributed by atoms with Gasteiger partial charge in [-0.15, -0.1) is 0 Å². The average molecular weight is 409 g/mol. The number of likely N-dealkylation sites (tertiary alicyclic amines) is 2. The van der Waals surface area contributed by atoms with E-state index in [1.54, 1.807) is 0 Å². The maximum Gasteiger partial charge on any atom is 0.390 e. The minimum atomic E-state index is -4.00. The third-order valence-electron chi connectivity index (χ3n) is 5.59. The van der Waals surface area contributed by atoms with Crippen LogP contribution in [0.25, 0.3) is 0 Å². The molecule has 0 radical (unpaired) electrons. The Morgan fingerprint density at radius 2 is 1.21 bits per heavy atom. The van der Waals surface area contributed by atoms with Crippen LogP contribution in [0.1, 0.15) is 86.5 Å². The number of piperidine rings is 2. The molecule has 0 bridgehead atoms. The second kappa shape index (κ2) is 13.8. The van der Waals surface area contributed by atoms with Crippen LogP contribution in [0.2, 0.25) is 0 Å². The number of hydrogen-bond acceptors (Lipinski definition) is 2. The first-order chi connectivity index (χ1) is 12.8. The molecule has 0 saturated carbocycles. The first-order valence-electron chi connectivity index (χ1n) is 11.3. The van der Waals surface area contributed by atoms with Crippen molar-refractivity contribution in [3.05, 3.63) is 0 Å². The van der Waals surface area contributed by atoms with Crippen molar-refractivity contribution in [1.29, 1.82) is 0 Å². The SMILES string of the molecule is CC1CCN(C)CC1.CC1CCN(CCC(F)(F)F)CC1.CCCC(C)(C)C. The maximum atomic E-state index is 11.9. The van der Waals surface area contributed by atoms with E-state index in [1.165, 1.54) is 38.8 Å². The molecule has 0 unspecified atom stereocenters. The Bertz CT molecular complexity index is 351. The van der Waals surface area contributed by atoms with E-state index in [-0.39, 0.29) is 6.54 Å². The lowest BCUT2D eigenvalue weighted by Gasteiger charge is -2.30. The number of halogens is 3. The van der Waals surface area contributed by atoms with Gasteiger partial charge in [-0.3, -0.25) is 0 Å². The number of alkyl halides is 3. The van der Waals surface area contributed by atoms with Crippen LogP contribution in [0.15, 0.2) is 0 Å². The van der Waals surface area contributed by atoms with Crippen LogP contribution in [-0.2, 0) is 0 Å². The predicted octanol–water partition coefficient (Wildman–Crippen LogP) is 6.85. The molecule has 2 nitrogen and oxygen atoms in total. The first kappa shape index (κ1) is 27.7. The van der Waals surface area contributed by atoms with Gasteiger partial charge in [-0.1, -0.05) is 48.0 Å². The second-order valence-corrected chi connectivity index (χ2v) is 10.2. The lowest BCUT2D eigenvalue weighted by atomic mass is 9.91. The van der Waals surface area contributed by atoms with Gasteiger partial charge in [0.25, 0.3) is 0 Å². The Labute approximate surface area is 173 Å². The van der Waals surface area contributed by atoms with Gasteiger partial charge >= 0.3 is 6.18 Å². The molecule has 0 aliphatic carbocycles. The van der Waals surface area contributed by atoms with Crippen molar-refractivity contribution >= 4 is 0 Å². The van der Waals surface area contributed by atoms with E-state index < -0.39 is 12.6 Å². The summed E-state index contributed by atoms with van der Waals surface area (Å²) in [5.74, 6) is 1.66. The van der Waals surface area contributed by atoms with Crippen molar-refractivity contribution in [3.63, 3.8) is 0 Å². The van der Waals surface area contributed by atoms with E-state index in [2.05, 4.69) is 53.5 Å². The molecule has 0 aromatic heterocycles. The Morgan fingerprint density at radius 1 is 0.786 bits per heavy atom. The smallest absolute Gasteiger partial charge is 0.306 e. The zero-order valence-electron chi connectivity index (χ0n) is 19.7. The van der Waals surface area contributed by atoms with Crippen LogP contribution >= 0.6 is 0 Å². The minimum absolute atomic E-state index is 0.177. The molecule has 5 heteroatoms. The molecule has 28 heavy (non-hydrogen) atoms. The molecule has 2 fully saturated rings. The summed E-state index contributed by atoms with van der Waals surface area (Å²) in [7, 11) is 2.20. The van der Waals surface area contributed by atoms with Gasteiger partial charge in [0.2, 0.25) is 0 Å². The molecule has 0 aromatic carbocycles. The van der Waals surface area contributed by atoms with E-state index in [1.807, 2.05) is 4.90 Å². The molecule has 170 valence electrons. The average Bonchev–Trinajstić information content (AvgIpc) is 2.56. The summed E-state index contributed by atoms with van der Waals surface area (Å²) in [5.41, 5.74) is 0.550. The van der Waals surface area contributed by atoms with Gasteiger partial charge < -0.3 is 9.80 Å². The summed E-state index contributed by atoms with van der Waals surface area (Å²) in [6, 6.07) is 0. The van der Waals surface area contributed by atoms with Crippen molar-refractivity contribution in [1.82, 2.24) is 9.80 Å². The second-order valence-electron chi connectivity index (χ2n) is 10.2. The lowest BCUT2D eigenvalue weighted by Crippen LogP contribution is -2.35. The fraction of sp³-hybridized carbons (Fsp3) is 1.00. The van der Waals surface area contributed by atoms with Gasteiger partial charge in [0, 0.05) is 6.54 Å². The van der Waals surface area contributed by atoms with Crippen LogP contribution in [0, 0.1) is 17.3 Å². The van der Waals surface area contributed by atoms with Crippen molar-refractivity contribution in [2.45, 2.75) is 92.7 Å². The number of nitrogens with zero attached hydrogens (tertiary/aromatic N) is 2. The van der Waals surface area contributed by atoms with Crippen LogP contribution < -0.4 is 0 Å². The minimum Gasteiger partial charge on any atom is -0.306 e. The zero-order chi connectivity index (χ0) is 21.8. The molecule has 0 spiro atoms. The fourth-order valence-electron chi connectivity index (χ4n) is 3.46. The summed E-state index contributed by atoms with van der Waals surface area (Å²) in [6.45, 7) is 18.0. The Balaban J connectivity index is 0.000000419. The topological polar surface area (TPSA) is 6.48 Å². The normalized spacial score (nSPS) is 20.8. The van der Waals surface area contributed by atoms with E-state index in [9.17, 15) is 13.2 Å². The quantitative estimate of drug-likeness (QED) is 0.504. The first-order valence-corrected chi connectivity index (χ1v) is 11.3. The van der Waals surface area contributed by atoms with Gasteiger partial charge in [0.05, 0.1) is 6.42 Å². The largest absolute Gasteiger partial charge is 0.390 e. The number of hydrogen-bond donors (Lipinski definition) is 0. The van der Waals surface area contributed by atoms with E-state index in [0.29, 0.717) is 11.3 Å². The van der Waals surface area contributed by atoms with Crippen LogP contribution in [-0.4, -0.2) is 55.7 Å². The predicted molar refractivity (Wildman–Crippen MR) is 116 cm³/mol. The summed E-state index contributed by atoms with van der Waals surface area (Å²) in [6.07, 6.45) is 2.86. The lowest BCUT2D eigenvalue weighted by molar-refractivity contribution is -0.138. The summed E-state index contributed by atoms with van der Waals surface area (Å²) >= 11 is 0. The molecular weight excluding hydrogens is 361 g/mol. The maximum absolute atomic E-state index is 11.9. The van der Waals surface area contributed by atoms with E-state index in [4.69, 9.17) is 0 Å². The van der Waals surface area contributed by atoms with Crippen molar-refractivity contribution in [3.8, 4) is 0 Å². The van der Waals surface area contributed by atoms with E-state index >= 15 is 0 Å². The zero-order valence-corrected chi connectivity index (χ0v) is 19.7. The van der Waals surface area contributed by atoms with Gasteiger partial charge in [0.15, 0.2) is 0 Å². The standard InChI is InChI=1S/C9H16F3N.C7H15N.C7H16/c1-8-2-5-13(6-3-8)7-4-9(10,11)12;1-7-3-5-8(2)6-4-7;1-5-6-7(2,3)4/h8H,2-7H2,1H3;7H,3-6H2,1-2H3;5-6H2,1-4H3. The molecule has 2 aliphatic heterocycles. The third kappa shape index (κ3) is 17.8. The molecule has 2 rings (SSSR count). The van der Waals surface area contributed by atoms with E-state index in [0.717, 1.165) is 31.8 Å². The molecular formula is C23H47F3N2. The Morgan fingerprint density at radius 3 is 1.50 bits per heavy atom. The molecule has 0 amide bonds. The van der Waals surface area contributed by atoms with Crippen molar-refractivity contribution in [2.24, 2.45) is 17.3 Å². The van der Waals surface area contributed by atoms with Gasteiger partial charge in [0.1, 0.15) is 0 Å². The molecule has 2 saturated heterocycles. The summed E-state index contributed by atoms with van der Waals surface area (Å²) < 4.78 is 35.6. The summed E-state index contributed by atoms with van der Waals surface area (Å²) in [4.78, 5) is 4.31. The highest BCUT2D eigenvalue weighted by molar-refractivity contribution is 4.70. The van der Waals surface area contributed by atoms with Gasteiger partial charge in [-0.25, -0.2) is 0 Å². The number of rotatable bonds is 3. The van der Waals surface area contributed by atoms with Gasteiger partial charge in [-0.2, -0.15) is 13.2 Å². The van der Waals surface area contributed by atoms with Crippen LogP contribution in [0.3, 0.4) is 0 Å². The van der Waals surface area contributed by atoms with Crippen molar-refractivity contribution in [2.75, 3.05) is 39.8 Å². The van der Waals surface area contributed by atoms with Gasteiger partial charge in [-0.05, 0) is 82.6 Å². The Hall–Kier alpha value is -0.290. The molecule has 0 atom stereocenters. The van der Waals surface area contributed by atoms with Crippen LogP contribution in [0.5, 0.6) is 0 Å². The molecule has 2 heterocycles. The summed E-state index contributed by atoms with van der Waals surface area (Å²) in [5, 5.41) is 0.